The highest BCUT2D eigenvalue weighted by molar-refractivity contribution is 5.96. The van der Waals surface area contributed by atoms with Crippen molar-refractivity contribution in [2.45, 2.75) is 26.2 Å². The first-order chi connectivity index (χ1) is 9.06. The molecule has 5 nitrogen and oxygen atoms in total. The molecule has 0 aliphatic heterocycles. The van der Waals surface area contributed by atoms with Gasteiger partial charge in [0.05, 0.1) is 0 Å². The van der Waals surface area contributed by atoms with Crippen LogP contribution in [0.25, 0.3) is 0 Å². The van der Waals surface area contributed by atoms with E-state index in [0.717, 1.165) is 12.8 Å². The fourth-order valence-corrected chi connectivity index (χ4v) is 2.09. The zero-order valence-corrected chi connectivity index (χ0v) is 11.4. The third kappa shape index (κ3) is 5.18. The van der Waals surface area contributed by atoms with Gasteiger partial charge in [0.2, 0.25) is 0 Å². The van der Waals surface area contributed by atoms with Crippen LogP contribution in [0.5, 0.6) is 0 Å². The molecule has 1 amide bonds. The Morgan fingerprint density at radius 2 is 1.89 bits per heavy atom. The van der Waals surface area contributed by atoms with Gasteiger partial charge in [-0.15, -0.1) is 0 Å². The van der Waals surface area contributed by atoms with E-state index in [1.807, 2.05) is 0 Å². The molecular weight excluding hydrogens is 242 g/mol. The topological polar surface area (TPSA) is 101 Å². The van der Waals surface area contributed by atoms with Crippen molar-refractivity contribution in [2.75, 3.05) is 24.6 Å². The molecule has 0 radical (unpaired) electrons. The van der Waals surface area contributed by atoms with Crippen molar-refractivity contribution >= 4 is 17.3 Å². The Morgan fingerprint density at radius 3 is 2.42 bits per heavy atom. The largest absolute Gasteiger partial charge is 0.399 e. The van der Waals surface area contributed by atoms with Crippen molar-refractivity contribution < 1.29 is 9.90 Å². The predicted molar refractivity (Wildman–Crippen MR) is 77.7 cm³/mol. The van der Waals surface area contributed by atoms with E-state index in [-0.39, 0.29) is 12.5 Å². The zero-order valence-electron chi connectivity index (χ0n) is 11.4. The lowest BCUT2D eigenvalue weighted by molar-refractivity contribution is 0.0943. The van der Waals surface area contributed by atoms with Crippen molar-refractivity contribution in [1.82, 2.24) is 5.32 Å². The molecule has 0 saturated heterocycles. The molecule has 1 rings (SSSR count). The van der Waals surface area contributed by atoms with Gasteiger partial charge in [-0.3, -0.25) is 4.79 Å². The fourth-order valence-electron chi connectivity index (χ4n) is 2.09. The average Bonchev–Trinajstić information content (AvgIpc) is 2.35. The molecule has 19 heavy (non-hydrogen) atoms. The van der Waals surface area contributed by atoms with Crippen LogP contribution in [-0.2, 0) is 0 Å². The van der Waals surface area contributed by atoms with Crippen LogP contribution in [0, 0.1) is 5.92 Å². The molecule has 0 aromatic heterocycles. The summed E-state index contributed by atoms with van der Waals surface area (Å²) in [7, 11) is 0. The average molecular weight is 265 g/mol. The maximum absolute atomic E-state index is 12.0. The Morgan fingerprint density at radius 1 is 1.26 bits per heavy atom. The van der Waals surface area contributed by atoms with Crippen LogP contribution in [-0.4, -0.2) is 24.2 Å². The highest BCUT2D eigenvalue weighted by Crippen LogP contribution is 2.14. The molecule has 1 unspecified atom stereocenters. The third-order valence-electron chi connectivity index (χ3n) is 3.03. The lowest BCUT2D eigenvalue weighted by Crippen LogP contribution is -2.29. The number of anilines is 2. The number of nitrogens with one attached hydrogen (secondary N) is 1. The van der Waals surface area contributed by atoms with Crippen LogP contribution >= 0.6 is 0 Å². The summed E-state index contributed by atoms with van der Waals surface area (Å²) in [6, 6.07) is 4.82. The molecule has 0 aliphatic rings. The standard InChI is InChI=1S/C14H23N3O2/c1-2-3-10(4-5-18)9-17-14(19)11-6-12(15)8-13(16)7-11/h6-8,10,18H,2-5,9,15-16H2,1H3,(H,17,19). The smallest absolute Gasteiger partial charge is 0.251 e. The number of nitrogens with two attached hydrogens (primary N) is 2. The summed E-state index contributed by atoms with van der Waals surface area (Å²) in [5.41, 5.74) is 12.7. The lowest BCUT2D eigenvalue weighted by Gasteiger charge is -2.15. The third-order valence-corrected chi connectivity index (χ3v) is 3.03. The van der Waals surface area contributed by atoms with E-state index in [4.69, 9.17) is 16.6 Å². The molecule has 0 aliphatic carbocycles. The number of amides is 1. The number of hydrogen-bond acceptors (Lipinski definition) is 4. The number of nitrogen functional groups attached to an aromatic ring is 2. The summed E-state index contributed by atoms with van der Waals surface area (Å²) in [6.07, 6.45) is 2.72. The molecule has 106 valence electrons. The molecule has 1 aromatic carbocycles. The fraction of sp³-hybridized carbons (Fsp3) is 0.500. The van der Waals surface area contributed by atoms with Crippen molar-refractivity contribution in [3.05, 3.63) is 23.8 Å². The summed E-state index contributed by atoms with van der Waals surface area (Å²) >= 11 is 0. The SMILES string of the molecule is CCCC(CCO)CNC(=O)c1cc(N)cc(N)c1. The van der Waals surface area contributed by atoms with Gasteiger partial charge >= 0.3 is 0 Å². The van der Waals surface area contributed by atoms with Gasteiger partial charge in [0.1, 0.15) is 0 Å². The Hall–Kier alpha value is -1.75. The minimum atomic E-state index is -0.182. The van der Waals surface area contributed by atoms with Crippen molar-refractivity contribution in [1.29, 1.82) is 0 Å². The van der Waals surface area contributed by atoms with Gasteiger partial charge in [0.25, 0.3) is 5.91 Å². The molecule has 0 spiro atoms. The second kappa shape index (κ2) is 7.63. The molecule has 6 N–H and O–H groups in total. The van der Waals surface area contributed by atoms with Gasteiger partial charge in [-0.1, -0.05) is 13.3 Å². The van der Waals surface area contributed by atoms with E-state index in [9.17, 15) is 4.79 Å². The highest BCUT2D eigenvalue weighted by atomic mass is 16.3. The van der Waals surface area contributed by atoms with Gasteiger partial charge in [-0.2, -0.15) is 0 Å². The molecule has 1 aromatic rings. The van der Waals surface area contributed by atoms with Crippen LogP contribution in [0.15, 0.2) is 18.2 Å². The minimum Gasteiger partial charge on any atom is -0.399 e. The van der Waals surface area contributed by atoms with Crippen LogP contribution in [0.1, 0.15) is 36.5 Å². The van der Waals surface area contributed by atoms with E-state index in [1.165, 1.54) is 0 Å². The van der Waals surface area contributed by atoms with Crippen molar-refractivity contribution in [2.24, 2.45) is 5.92 Å². The predicted octanol–water partition coefficient (Wildman–Crippen LogP) is 1.38. The number of aliphatic hydroxyl groups excluding tert-OH is 1. The number of benzene rings is 1. The van der Waals surface area contributed by atoms with E-state index in [0.29, 0.717) is 35.8 Å². The summed E-state index contributed by atoms with van der Waals surface area (Å²) < 4.78 is 0. The molecular formula is C14H23N3O2. The van der Waals surface area contributed by atoms with Gasteiger partial charge in [-0.05, 0) is 37.0 Å². The van der Waals surface area contributed by atoms with E-state index < -0.39 is 0 Å². The summed E-state index contributed by atoms with van der Waals surface area (Å²) in [5, 5.41) is 11.8. The second-order valence-corrected chi connectivity index (χ2v) is 4.77. The molecule has 0 saturated carbocycles. The molecule has 0 heterocycles. The number of carbonyl (C=O) groups is 1. The Labute approximate surface area is 114 Å². The first-order valence-corrected chi connectivity index (χ1v) is 6.62. The van der Waals surface area contributed by atoms with Crippen LogP contribution in [0.4, 0.5) is 11.4 Å². The highest BCUT2D eigenvalue weighted by Gasteiger charge is 2.11. The molecule has 0 fully saturated rings. The Kier molecular flexibility index (Phi) is 6.15. The van der Waals surface area contributed by atoms with Crippen molar-refractivity contribution in [3.8, 4) is 0 Å². The number of carbonyl (C=O) groups excluding carboxylic acids is 1. The zero-order chi connectivity index (χ0) is 14.3. The number of rotatable bonds is 7. The minimum absolute atomic E-state index is 0.145. The quantitative estimate of drug-likeness (QED) is 0.559. The number of aliphatic hydroxyl groups is 1. The first kappa shape index (κ1) is 15.3. The monoisotopic (exact) mass is 265 g/mol. The van der Waals surface area contributed by atoms with E-state index >= 15 is 0 Å². The number of hydrogen-bond donors (Lipinski definition) is 4. The maximum atomic E-state index is 12.0. The van der Waals surface area contributed by atoms with E-state index in [2.05, 4.69) is 12.2 Å². The van der Waals surface area contributed by atoms with Gasteiger partial charge in [-0.25, -0.2) is 0 Å². The van der Waals surface area contributed by atoms with Crippen LogP contribution in [0.2, 0.25) is 0 Å². The molecule has 5 heteroatoms. The second-order valence-electron chi connectivity index (χ2n) is 4.77. The van der Waals surface area contributed by atoms with Crippen LogP contribution in [0.3, 0.4) is 0 Å². The first-order valence-electron chi connectivity index (χ1n) is 6.62. The Bertz CT molecular complexity index is 395. The van der Waals surface area contributed by atoms with E-state index in [1.54, 1.807) is 18.2 Å². The normalized spacial score (nSPS) is 12.1. The van der Waals surface area contributed by atoms with Gasteiger partial charge < -0.3 is 21.9 Å². The summed E-state index contributed by atoms with van der Waals surface area (Å²) in [4.78, 5) is 12.0. The van der Waals surface area contributed by atoms with Gasteiger partial charge in [0.15, 0.2) is 0 Å². The molecule has 1 atom stereocenters. The summed E-state index contributed by atoms with van der Waals surface area (Å²) in [5.74, 6) is 0.121. The maximum Gasteiger partial charge on any atom is 0.251 e. The van der Waals surface area contributed by atoms with Crippen LogP contribution < -0.4 is 16.8 Å². The van der Waals surface area contributed by atoms with Crippen molar-refractivity contribution in [3.63, 3.8) is 0 Å². The van der Waals surface area contributed by atoms with Gasteiger partial charge in [0, 0.05) is 30.1 Å². The molecule has 0 bridgehead atoms. The lowest BCUT2D eigenvalue weighted by atomic mass is 10.00. The summed E-state index contributed by atoms with van der Waals surface area (Å²) in [6.45, 7) is 2.79. The Balaban J connectivity index is 2.58.